The van der Waals surface area contributed by atoms with Gasteiger partial charge in [-0.1, -0.05) is 53.1 Å². The summed E-state index contributed by atoms with van der Waals surface area (Å²) in [5, 5.41) is 3.06. The Labute approximate surface area is 147 Å². The van der Waals surface area contributed by atoms with Crippen molar-refractivity contribution >= 4 is 38.1 Å². The Morgan fingerprint density at radius 3 is 1.87 bits per heavy atom. The Kier molecular flexibility index (Phi) is 5.18. The summed E-state index contributed by atoms with van der Waals surface area (Å²) in [6.45, 7) is 13.1. The van der Waals surface area contributed by atoms with Crippen LogP contribution in [0.4, 0.5) is 0 Å². The molecule has 0 spiro atoms. The standard InChI is InChI=1S/C19H25ClN2Si/c1-8-12-21-18-15(11(6)7)13(9(2)3)17(20)14(10(4)5)16(18)19(23)22-12/h1,9-11H,2-7,23H3. The van der Waals surface area contributed by atoms with Crippen LogP contribution >= 0.6 is 11.6 Å². The third-order valence-electron chi connectivity index (χ3n) is 4.24. The molecule has 1 heterocycles. The Morgan fingerprint density at radius 1 is 0.913 bits per heavy atom. The van der Waals surface area contributed by atoms with Gasteiger partial charge in [-0.2, -0.15) is 0 Å². The minimum Gasteiger partial charge on any atom is -0.231 e. The number of halogens is 1. The Hall–Kier alpha value is -1.37. The second kappa shape index (κ2) is 6.63. The summed E-state index contributed by atoms with van der Waals surface area (Å²) >= 11 is 6.89. The van der Waals surface area contributed by atoms with Gasteiger partial charge in [0, 0.05) is 15.7 Å². The van der Waals surface area contributed by atoms with E-state index in [1.54, 1.807) is 0 Å². The number of rotatable bonds is 3. The maximum Gasteiger partial charge on any atom is 0.205 e. The van der Waals surface area contributed by atoms with Crippen LogP contribution in [0.5, 0.6) is 0 Å². The lowest BCUT2D eigenvalue weighted by Gasteiger charge is -2.25. The highest BCUT2D eigenvalue weighted by Gasteiger charge is 2.25. The molecule has 0 radical (unpaired) electrons. The van der Waals surface area contributed by atoms with Crippen LogP contribution in [-0.4, -0.2) is 20.2 Å². The molecule has 0 saturated carbocycles. The van der Waals surface area contributed by atoms with Gasteiger partial charge in [-0.3, -0.25) is 0 Å². The van der Waals surface area contributed by atoms with Crippen molar-refractivity contribution < 1.29 is 0 Å². The molecule has 122 valence electrons. The molecule has 0 aliphatic carbocycles. The van der Waals surface area contributed by atoms with Crippen molar-refractivity contribution in [1.29, 1.82) is 0 Å². The largest absolute Gasteiger partial charge is 0.231 e. The van der Waals surface area contributed by atoms with Gasteiger partial charge in [0.05, 0.1) is 15.8 Å². The molecule has 1 aromatic carbocycles. The Morgan fingerprint density at radius 2 is 1.43 bits per heavy atom. The van der Waals surface area contributed by atoms with Gasteiger partial charge in [-0.25, -0.2) is 9.97 Å². The zero-order valence-electron chi connectivity index (χ0n) is 15.1. The van der Waals surface area contributed by atoms with Gasteiger partial charge >= 0.3 is 0 Å². The van der Waals surface area contributed by atoms with Gasteiger partial charge < -0.3 is 0 Å². The zero-order chi connectivity index (χ0) is 17.5. The van der Waals surface area contributed by atoms with Crippen LogP contribution < -0.4 is 5.32 Å². The van der Waals surface area contributed by atoms with E-state index < -0.39 is 0 Å². The van der Waals surface area contributed by atoms with E-state index in [1.807, 2.05) is 0 Å². The van der Waals surface area contributed by atoms with E-state index in [0.717, 1.165) is 31.5 Å². The molecular weight excluding hydrogens is 320 g/mol. The minimum atomic E-state index is 0.316. The number of nitrogens with zero attached hydrogens (tertiary/aromatic N) is 2. The lowest BCUT2D eigenvalue weighted by atomic mass is 9.84. The van der Waals surface area contributed by atoms with Gasteiger partial charge in [0.25, 0.3) is 0 Å². The molecule has 23 heavy (non-hydrogen) atoms. The first-order chi connectivity index (χ1) is 10.7. The molecule has 0 aliphatic rings. The highest BCUT2D eigenvalue weighted by Crippen LogP contribution is 2.42. The summed E-state index contributed by atoms with van der Waals surface area (Å²) in [4.78, 5) is 9.25. The van der Waals surface area contributed by atoms with Crippen LogP contribution in [0.25, 0.3) is 10.9 Å². The Bertz CT molecular complexity index is 802. The highest BCUT2D eigenvalue weighted by atomic mass is 35.5. The minimum absolute atomic E-state index is 0.316. The lowest BCUT2D eigenvalue weighted by Crippen LogP contribution is -2.18. The van der Waals surface area contributed by atoms with Crippen LogP contribution in [-0.2, 0) is 0 Å². The summed E-state index contributed by atoms with van der Waals surface area (Å²) in [6, 6.07) is 0. The predicted octanol–water partition coefficient (Wildman–Crippen LogP) is 3.63. The van der Waals surface area contributed by atoms with Gasteiger partial charge in [-0.05, 0) is 40.4 Å². The zero-order valence-corrected chi connectivity index (χ0v) is 17.8. The highest BCUT2D eigenvalue weighted by molar-refractivity contribution is 6.39. The summed E-state index contributed by atoms with van der Waals surface area (Å²) in [5.74, 6) is 4.07. The Balaban J connectivity index is 3.17. The van der Waals surface area contributed by atoms with Gasteiger partial charge in [0.2, 0.25) is 5.82 Å². The van der Waals surface area contributed by atoms with Crippen LogP contribution in [0.1, 0.15) is 81.8 Å². The van der Waals surface area contributed by atoms with Crippen molar-refractivity contribution in [3.63, 3.8) is 0 Å². The molecule has 0 saturated heterocycles. The number of aromatic nitrogens is 2. The molecular formula is C19H25ClN2Si. The predicted molar refractivity (Wildman–Crippen MR) is 104 cm³/mol. The van der Waals surface area contributed by atoms with Crippen molar-refractivity contribution in [2.75, 3.05) is 0 Å². The first-order valence-electron chi connectivity index (χ1n) is 8.20. The van der Waals surface area contributed by atoms with Crippen LogP contribution in [0.15, 0.2) is 0 Å². The number of hydrogen-bond acceptors (Lipinski definition) is 2. The summed E-state index contributed by atoms with van der Waals surface area (Å²) in [6.07, 6.45) is 5.58. The molecule has 1 aromatic heterocycles. The van der Waals surface area contributed by atoms with E-state index in [-0.39, 0.29) is 0 Å². The van der Waals surface area contributed by atoms with Crippen LogP contribution in [0.3, 0.4) is 0 Å². The van der Waals surface area contributed by atoms with E-state index in [0.29, 0.717) is 23.6 Å². The summed E-state index contributed by atoms with van der Waals surface area (Å²) in [5.41, 5.74) is 4.61. The van der Waals surface area contributed by atoms with Gasteiger partial charge in [0.15, 0.2) is 0 Å². The molecule has 0 amide bonds. The maximum absolute atomic E-state index is 6.89. The normalized spacial score (nSPS) is 11.9. The van der Waals surface area contributed by atoms with Crippen molar-refractivity contribution in [3.8, 4) is 12.3 Å². The maximum atomic E-state index is 6.89. The number of fused-ring (bicyclic) bond motifs is 1. The summed E-state index contributed by atoms with van der Waals surface area (Å²) in [7, 11) is 0.815. The van der Waals surface area contributed by atoms with Crippen LogP contribution in [0.2, 0.25) is 5.02 Å². The molecule has 0 bridgehead atoms. The van der Waals surface area contributed by atoms with Gasteiger partial charge in [-0.15, -0.1) is 6.42 Å². The van der Waals surface area contributed by atoms with Crippen molar-refractivity contribution in [3.05, 3.63) is 27.5 Å². The average molecular weight is 345 g/mol. The third kappa shape index (κ3) is 3.03. The molecule has 2 nitrogen and oxygen atoms in total. The molecule has 0 fully saturated rings. The van der Waals surface area contributed by atoms with E-state index in [4.69, 9.17) is 23.0 Å². The lowest BCUT2D eigenvalue weighted by molar-refractivity contribution is 0.785. The molecule has 2 rings (SSSR count). The van der Waals surface area contributed by atoms with Crippen molar-refractivity contribution in [1.82, 2.24) is 9.97 Å². The van der Waals surface area contributed by atoms with Crippen LogP contribution in [0, 0.1) is 12.3 Å². The second-order valence-electron chi connectivity index (χ2n) is 7.02. The van der Waals surface area contributed by atoms with E-state index >= 15 is 0 Å². The number of hydrogen-bond donors (Lipinski definition) is 0. The monoisotopic (exact) mass is 344 g/mol. The smallest absolute Gasteiger partial charge is 0.205 e. The molecule has 2 aromatic rings. The van der Waals surface area contributed by atoms with Gasteiger partial charge in [0.1, 0.15) is 0 Å². The van der Waals surface area contributed by atoms with E-state index in [2.05, 4.69) is 52.4 Å². The fourth-order valence-corrected chi connectivity index (χ4v) is 4.70. The number of benzene rings is 1. The van der Waals surface area contributed by atoms with E-state index in [1.165, 1.54) is 16.7 Å². The first kappa shape index (κ1) is 18.0. The fraction of sp³-hybridized carbons (Fsp3) is 0.474. The molecule has 4 heteroatoms. The molecule has 0 atom stereocenters. The van der Waals surface area contributed by atoms with Crippen molar-refractivity contribution in [2.24, 2.45) is 0 Å². The summed E-state index contributed by atoms with van der Waals surface area (Å²) < 4.78 is 0. The SMILES string of the molecule is C#Cc1nc([SiH3])c2c(C(C)C)c(Cl)c(C(C)C)c(C(C)C)c2n1. The molecule has 0 unspecified atom stereocenters. The third-order valence-corrected chi connectivity index (χ3v) is 5.37. The van der Waals surface area contributed by atoms with Crippen molar-refractivity contribution in [2.45, 2.75) is 59.3 Å². The quantitative estimate of drug-likeness (QED) is 0.627. The fourth-order valence-electron chi connectivity index (χ4n) is 3.35. The number of terminal acetylenes is 1. The topological polar surface area (TPSA) is 25.8 Å². The second-order valence-corrected chi connectivity index (χ2v) is 8.34. The first-order valence-corrected chi connectivity index (χ1v) is 9.58. The van der Waals surface area contributed by atoms with E-state index in [9.17, 15) is 0 Å². The molecule has 0 aliphatic heterocycles. The molecule has 0 N–H and O–H groups in total. The average Bonchev–Trinajstić information content (AvgIpc) is 2.45.